The van der Waals surface area contributed by atoms with Gasteiger partial charge in [-0.15, -0.1) is 0 Å². The zero-order valence-electron chi connectivity index (χ0n) is 11.5. The zero-order valence-corrected chi connectivity index (χ0v) is 13.8. The largest absolute Gasteiger partial charge is 0.330 e. The maximum atomic E-state index is 12.2. The minimum atomic E-state index is -0.192. The lowest BCUT2D eigenvalue weighted by atomic mass is 9.84. The van der Waals surface area contributed by atoms with Crippen LogP contribution in [0, 0.1) is 11.3 Å². The molecule has 0 aliphatic heterocycles. The third-order valence-corrected chi connectivity index (χ3v) is 3.93. The number of rotatable bonds is 4. The quantitative estimate of drug-likeness (QED) is 0.863. The molecular formula is C14H20BrClN2O. The molecule has 0 radical (unpaired) electrons. The van der Waals surface area contributed by atoms with E-state index in [9.17, 15) is 4.79 Å². The summed E-state index contributed by atoms with van der Waals surface area (Å²) in [5.41, 5.74) is 6.45. The average molecular weight is 348 g/mol. The Balaban J connectivity index is 2.74. The minimum Gasteiger partial charge on any atom is -0.330 e. The summed E-state index contributed by atoms with van der Waals surface area (Å²) < 4.78 is 0.803. The van der Waals surface area contributed by atoms with Gasteiger partial charge in [-0.05, 0) is 46.0 Å². The molecule has 0 aliphatic rings. The predicted octanol–water partition coefficient (Wildman–Crippen LogP) is 4.05. The van der Waals surface area contributed by atoms with E-state index in [1.807, 2.05) is 0 Å². The van der Waals surface area contributed by atoms with Crippen molar-refractivity contribution >= 4 is 39.1 Å². The first-order valence-corrected chi connectivity index (χ1v) is 7.36. The summed E-state index contributed by atoms with van der Waals surface area (Å²) in [6.45, 7) is 6.63. The second-order valence-electron chi connectivity index (χ2n) is 5.82. The molecule has 1 aromatic carbocycles. The molecule has 0 fully saturated rings. The molecule has 106 valence electrons. The first-order chi connectivity index (χ1) is 8.73. The molecule has 0 saturated heterocycles. The SMILES string of the molecule is CC(C)(C)CC(CN)C(=O)Nc1ccc(Br)c(Cl)c1. The summed E-state index contributed by atoms with van der Waals surface area (Å²) >= 11 is 9.31. The Kier molecular flexibility index (Phi) is 5.83. The van der Waals surface area contributed by atoms with E-state index in [0.717, 1.165) is 10.9 Å². The number of hydrogen-bond acceptors (Lipinski definition) is 2. The molecule has 3 nitrogen and oxygen atoms in total. The second-order valence-corrected chi connectivity index (χ2v) is 7.08. The van der Waals surface area contributed by atoms with Gasteiger partial charge in [-0.25, -0.2) is 0 Å². The number of anilines is 1. The van der Waals surface area contributed by atoms with Crippen molar-refractivity contribution in [2.45, 2.75) is 27.2 Å². The average Bonchev–Trinajstić information content (AvgIpc) is 2.29. The maximum absolute atomic E-state index is 12.2. The Hall–Kier alpha value is -0.580. The Labute approximate surface area is 128 Å². The van der Waals surface area contributed by atoms with Crippen LogP contribution >= 0.6 is 27.5 Å². The fourth-order valence-electron chi connectivity index (χ4n) is 1.84. The molecule has 0 saturated carbocycles. The summed E-state index contributed by atoms with van der Waals surface area (Å²) in [5.74, 6) is -0.252. The molecule has 1 aromatic rings. The highest BCUT2D eigenvalue weighted by Crippen LogP contribution is 2.27. The number of nitrogens with one attached hydrogen (secondary N) is 1. The van der Waals surface area contributed by atoms with Crippen LogP contribution in [-0.4, -0.2) is 12.5 Å². The van der Waals surface area contributed by atoms with Gasteiger partial charge in [-0.2, -0.15) is 0 Å². The van der Waals surface area contributed by atoms with E-state index in [1.54, 1.807) is 18.2 Å². The van der Waals surface area contributed by atoms with Gasteiger partial charge in [-0.3, -0.25) is 4.79 Å². The summed E-state index contributed by atoms with van der Waals surface area (Å²) in [7, 11) is 0. The monoisotopic (exact) mass is 346 g/mol. The molecule has 1 atom stereocenters. The number of carbonyl (C=O) groups excluding carboxylic acids is 1. The van der Waals surface area contributed by atoms with E-state index < -0.39 is 0 Å². The van der Waals surface area contributed by atoms with Crippen molar-refractivity contribution in [2.24, 2.45) is 17.1 Å². The normalized spacial score (nSPS) is 13.2. The Morgan fingerprint density at radius 1 is 1.47 bits per heavy atom. The first kappa shape index (κ1) is 16.5. The van der Waals surface area contributed by atoms with Gasteiger partial charge in [-0.1, -0.05) is 32.4 Å². The van der Waals surface area contributed by atoms with Crippen LogP contribution in [0.3, 0.4) is 0 Å². The van der Waals surface area contributed by atoms with Gasteiger partial charge in [0.15, 0.2) is 0 Å². The summed E-state index contributed by atoms with van der Waals surface area (Å²) in [6, 6.07) is 5.33. The van der Waals surface area contributed by atoms with Gasteiger partial charge in [0.05, 0.1) is 10.9 Å². The molecular weight excluding hydrogens is 328 g/mol. The number of hydrogen-bond donors (Lipinski definition) is 2. The highest BCUT2D eigenvalue weighted by molar-refractivity contribution is 9.10. The molecule has 19 heavy (non-hydrogen) atoms. The van der Waals surface area contributed by atoms with Crippen molar-refractivity contribution in [3.8, 4) is 0 Å². The fraction of sp³-hybridized carbons (Fsp3) is 0.500. The van der Waals surface area contributed by atoms with Crippen LogP contribution in [0.5, 0.6) is 0 Å². The lowest BCUT2D eigenvalue weighted by molar-refractivity contribution is -0.120. The van der Waals surface area contributed by atoms with Crippen LogP contribution in [0.25, 0.3) is 0 Å². The topological polar surface area (TPSA) is 55.1 Å². The first-order valence-electron chi connectivity index (χ1n) is 6.19. The van der Waals surface area contributed by atoms with Gasteiger partial charge in [0.2, 0.25) is 5.91 Å². The summed E-state index contributed by atoms with van der Waals surface area (Å²) in [6.07, 6.45) is 0.750. The van der Waals surface area contributed by atoms with Crippen LogP contribution in [0.4, 0.5) is 5.69 Å². The highest BCUT2D eigenvalue weighted by atomic mass is 79.9. The number of carbonyl (C=O) groups is 1. The standard InChI is InChI=1S/C14H20BrClN2O/c1-14(2,3)7-9(8-17)13(19)18-10-4-5-11(15)12(16)6-10/h4-6,9H,7-8,17H2,1-3H3,(H,18,19). The predicted molar refractivity (Wildman–Crippen MR) is 84.4 cm³/mol. The van der Waals surface area contributed by atoms with E-state index >= 15 is 0 Å². The Morgan fingerprint density at radius 2 is 2.11 bits per heavy atom. The second kappa shape index (κ2) is 6.73. The van der Waals surface area contributed by atoms with Crippen LogP contribution < -0.4 is 11.1 Å². The molecule has 1 amide bonds. The van der Waals surface area contributed by atoms with E-state index in [-0.39, 0.29) is 17.2 Å². The van der Waals surface area contributed by atoms with Gasteiger partial charge in [0.1, 0.15) is 0 Å². The highest BCUT2D eigenvalue weighted by Gasteiger charge is 2.23. The van der Waals surface area contributed by atoms with Crippen LogP contribution in [-0.2, 0) is 4.79 Å². The molecule has 3 N–H and O–H groups in total. The number of amides is 1. The number of halogens is 2. The molecule has 0 bridgehead atoms. The Bertz CT molecular complexity index is 457. The molecule has 0 spiro atoms. The van der Waals surface area contributed by atoms with Gasteiger partial charge in [0, 0.05) is 16.7 Å². The van der Waals surface area contributed by atoms with Crippen molar-refractivity contribution in [2.75, 3.05) is 11.9 Å². The van der Waals surface area contributed by atoms with E-state index in [0.29, 0.717) is 17.3 Å². The lowest BCUT2D eigenvalue weighted by Gasteiger charge is -2.24. The molecule has 0 heterocycles. The summed E-state index contributed by atoms with van der Waals surface area (Å²) in [5, 5.41) is 3.43. The van der Waals surface area contributed by atoms with Gasteiger partial charge < -0.3 is 11.1 Å². The van der Waals surface area contributed by atoms with Crippen molar-refractivity contribution in [3.63, 3.8) is 0 Å². The molecule has 0 aromatic heterocycles. The van der Waals surface area contributed by atoms with Gasteiger partial charge in [0.25, 0.3) is 0 Å². The third-order valence-electron chi connectivity index (χ3n) is 2.70. The minimum absolute atomic E-state index is 0.0594. The van der Waals surface area contributed by atoms with E-state index in [1.165, 1.54) is 0 Å². The summed E-state index contributed by atoms with van der Waals surface area (Å²) in [4.78, 5) is 12.2. The number of nitrogens with two attached hydrogens (primary N) is 1. The van der Waals surface area contributed by atoms with Crippen molar-refractivity contribution in [1.29, 1.82) is 0 Å². The van der Waals surface area contributed by atoms with Gasteiger partial charge >= 0.3 is 0 Å². The molecule has 1 unspecified atom stereocenters. The van der Waals surface area contributed by atoms with E-state index in [2.05, 4.69) is 42.0 Å². The number of benzene rings is 1. The maximum Gasteiger partial charge on any atom is 0.228 e. The van der Waals surface area contributed by atoms with Crippen LogP contribution in [0.2, 0.25) is 5.02 Å². The van der Waals surface area contributed by atoms with Crippen LogP contribution in [0.1, 0.15) is 27.2 Å². The van der Waals surface area contributed by atoms with Crippen LogP contribution in [0.15, 0.2) is 22.7 Å². The third kappa shape index (κ3) is 5.51. The van der Waals surface area contributed by atoms with Crippen molar-refractivity contribution < 1.29 is 4.79 Å². The molecule has 0 aliphatic carbocycles. The zero-order chi connectivity index (χ0) is 14.6. The lowest BCUT2D eigenvalue weighted by Crippen LogP contribution is -2.32. The fourth-order valence-corrected chi connectivity index (χ4v) is 2.27. The van der Waals surface area contributed by atoms with E-state index in [4.69, 9.17) is 17.3 Å². The van der Waals surface area contributed by atoms with Crippen molar-refractivity contribution in [1.82, 2.24) is 0 Å². The molecule has 1 rings (SSSR count). The smallest absolute Gasteiger partial charge is 0.228 e. The van der Waals surface area contributed by atoms with Crippen molar-refractivity contribution in [3.05, 3.63) is 27.7 Å². The molecule has 5 heteroatoms. The Morgan fingerprint density at radius 3 is 2.58 bits per heavy atom.